The van der Waals surface area contributed by atoms with Gasteiger partial charge in [-0.2, -0.15) is 45.7 Å². The number of aryl methyl sites for hydroxylation is 2. The molecule has 5 N–H and O–H groups in total. The Kier molecular flexibility index (Phi) is 14.3. The maximum absolute atomic E-state index is 12.7. The third kappa shape index (κ3) is 11.5. The molecule has 1 amide bonds. The smallest absolute Gasteiger partial charge is 0.296 e. The Morgan fingerprint density at radius 2 is 1.03 bits per heavy atom. The quantitative estimate of drug-likeness (QED) is 0.0472. The zero-order chi connectivity index (χ0) is 50.5. The van der Waals surface area contributed by atoms with Crippen molar-refractivity contribution in [1.82, 2.24) is 0 Å². The number of nitrogens with zero attached hydrogens (tertiary/aromatic N) is 8. The molecule has 0 atom stereocenters. The third-order valence-electron chi connectivity index (χ3n) is 10.0. The summed E-state index contributed by atoms with van der Waals surface area (Å²) in [6.07, 6.45) is 0. The molecule has 0 aliphatic rings. The molecule has 358 valence electrons. The number of carbonyl (C=O) groups is 1. The van der Waals surface area contributed by atoms with Gasteiger partial charge >= 0.3 is 0 Å². The monoisotopic (exact) mass is 1010 g/mol. The highest BCUT2D eigenvalue weighted by atomic mass is 32.2. The molecule has 0 spiro atoms. The van der Waals surface area contributed by atoms with Gasteiger partial charge in [0.15, 0.2) is 5.75 Å². The Morgan fingerprint density at radius 3 is 1.56 bits per heavy atom. The Balaban J connectivity index is 1.08. The van der Waals surface area contributed by atoms with Crippen LogP contribution < -0.4 is 14.8 Å². The second-order valence-corrected chi connectivity index (χ2v) is 19.0. The predicted molar refractivity (Wildman–Crippen MR) is 255 cm³/mol. The van der Waals surface area contributed by atoms with E-state index in [9.17, 15) is 48.8 Å². The molecule has 0 saturated carbocycles. The highest BCUT2D eigenvalue weighted by Gasteiger charge is 2.24. The summed E-state index contributed by atoms with van der Waals surface area (Å²) in [5.74, 6) is -0.780. The molecule has 25 heteroatoms. The first-order valence-corrected chi connectivity index (χ1v) is 24.3. The van der Waals surface area contributed by atoms with Gasteiger partial charge in [-0.1, -0.05) is 18.2 Å². The number of rotatable bonds is 15. The minimum Gasteiger partial charge on any atom is -0.505 e. The van der Waals surface area contributed by atoms with Gasteiger partial charge in [-0.05, 0) is 121 Å². The largest absolute Gasteiger partial charge is 0.505 e. The minimum absolute atomic E-state index is 0.0263. The molecule has 7 aromatic carbocycles. The Labute approximate surface area is 399 Å². The van der Waals surface area contributed by atoms with Crippen LogP contribution in [0.3, 0.4) is 0 Å². The van der Waals surface area contributed by atoms with Crippen LogP contribution in [0.1, 0.15) is 21.5 Å². The lowest BCUT2D eigenvalue weighted by molar-refractivity contribution is 0.102. The minimum atomic E-state index is -4.98. The van der Waals surface area contributed by atoms with Crippen molar-refractivity contribution >= 4 is 98.2 Å². The van der Waals surface area contributed by atoms with Gasteiger partial charge in [0.25, 0.3) is 36.3 Å². The van der Waals surface area contributed by atoms with Crippen molar-refractivity contribution in [2.45, 2.75) is 28.5 Å². The maximum Gasteiger partial charge on any atom is 0.296 e. The zero-order valence-electron chi connectivity index (χ0n) is 36.8. The highest BCUT2D eigenvalue weighted by molar-refractivity contribution is 7.87. The van der Waals surface area contributed by atoms with Crippen molar-refractivity contribution in [2.24, 2.45) is 40.9 Å². The number of anilines is 1. The van der Waals surface area contributed by atoms with Crippen LogP contribution in [0.2, 0.25) is 0 Å². The van der Waals surface area contributed by atoms with Gasteiger partial charge in [-0.3, -0.25) is 18.5 Å². The fourth-order valence-electron chi connectivity index (χ4n) is 6.54. The van der Waals surface area contributed by atoms with Crippen molar-refractivity contribution in [2.75, 3.05) is 19.5 Å². The number of azo groups is 4. The number of phenolic OH excluding ortho intramolecular Hbond substituents is 1. The van der Waals surface area contributed by atoms with E-state index in [-0.39, 0.29) is 45.0 Å². The molecule has 0 unspecified atom stereocenters. The van der Waals surface area contributed by atoms with E-state index in [1.165, 1.54) is 50.6 Å². The van der Waals surface area contributed by atoms with E-state index in [1.807, 2.05) is 0 Å². The molecule has 7 aromatic rings. The second kappa shape index (κ2) is 20.2. The van der Waals surface area contributed by atoms with E-state index in [1.54, 1.807) is 74.5 Å². The number of hydrogen-bond acceptors (Lipinski definition) is 18. The predicted octanol–water partition coefficient (Wildman–Crippen LogP) is 11.8. The standard InChI is InChI=1S/C45H37N9O13S3/c1-25-18-31(11-15-34(25)49-47-30-12-16-35(26(2)19-30)50-51-36-17-13-32(68(57,58)59)22-41(36)69(60,61)62)48-52-37-23-40(67-4)38(24-39(37)66-3)53-54-43-42(70(63,64)65)21-28-20-29(10-14-33(28)44(43)55)46-45(56)27-8-6-5-7-9-27/h5-24,55H,1-4H3,(H,46,56)(H,57,58,59)(H,60,61,62)(H,63,64,65). The van der Waals surface area contributed by atoms with Gasteiger partial charge in [-0.25, -0.2) is 0 Å². The van der Waals surface area contributed by atoms with Crippen LogP contribution in [0.15, 0.2) is 177 Å². The van der Waals surface area contributed by atoms with Gasteiger partial charge in [0, 0.05) is 28.8 Å². The first-order valence-electron chi connectivity index (χ1n) is 20.0. The lowest BCUT2D eigenvalue weighted by Crippen LogP contribution is -2.11. The molecule has 7 rings (SSSR count). The summed E-state index contributed by atoms with van der Waals surface area (Å²) in [6, 6.07) is 28.9. The topological polar surface area (TPSA) is 330 Å². The second-order valence-electron chi connectivity index (χ2n) is 14.8. The number of aromatic hydroxyl groups is 1. The number of fused-ring (bicyclic) bond motifs is 1. The normalized spacial score (nSPS) is 12.4. The van der Waals surface area contributed by atoms with Gasteiger partial charge in [-0.15, -0.1) is 20.5 Å². The lowest BCUT2D eigenvalue weighted by atomic mass is 10.1. The molecule has 0 fully saturated rings. The van der Waals surface area contributed by atoms with Crippen molar-refractivity contribution in [3.8, 4) is 17.2 Å². The van der Waals surface area contributed by atoms with Crippen LogP contribution in [-0.4, -0.2) is 64.1 Å². The van der Waals surface area contributed by atoms with Crippen molar-refractivity contribution < 1.29 is 58.3 Å². The molecule has 70 heavy (non-hydrogen) atoms. The molecule has 0 radical (unpaired) electrons. The number of ether oxygens (including phenoxy) is 2. The molecule has 0 heterocycles. The molecular formula is C45H37N9O13S3. The fraction of sp³-hybridized carbons (Fsp3) is 0.0889. The highest BCUT2D eigenvalue weighted by Crippen LogP contribution is 2.45. The van der Waals surface area contributed by atoms with Gasteiger partial charge in [0.2, 0.25) is 0 Å². The lowest BCUT2D eigenvalue weighted by Gasteiger charge is -2.12. The number of phenols is 1. The summed E-state index contributed by atoms with van der Waals surface area (Å²) in [5.41, 5.74) is 2.82. The number of methoxy groups -OCH3 is 2. The Morgan fingerprint density at radius 1 is 0.514 bits per heavy atom. The average molecular weight is 1010 g/mol. The number of nitrogens with one attached hydrogen (secondary N) is 1. The molecule has 0 aliphatic heterocycles. The molecule has 22 nitrogen and oxygen atoms in total. The van der Waals surface area contributed by atoms with E-state index in [4.69, 9.17) is 9.47 Å². The summed E-state index contributed by atoms with van der Waals surface area (Å²) in [7, 11) is -12.0. The number of carbonyl (C=O) groups excluding carboxylic acids is 1. The van der Waals surface area contributed by atoms with Crippen LogP contribution >= 0.6 is 0 Å². The van der Waals surface area contributed by atoms with Gasteiger partial charge < -0.3 is 19.9 Å². The van der Waals surface area contributed by atoms with E-state index in [0.717, 1.165) is 18.2 Å². The number of benzene rings is 7. The summed E-state index contributed by atoms with van der Waals surface area (Å²) in [6.45, 7) is 3.46. The van der Waals surface area contributed by atoms with E-state index in [2.05, 4.69) is 46.2 Å². The van der Waals surface area contributed by atoms with Crippen LogP contribution in [0, 0.1) is 13.8 Å². The summed E-state index contributed by atoms with van der Waals surface area (Å²) in [5, 5.41) is 47.6. The number of amides is 1. The first kappa shape index (κ1) is 49.7. The molecule has 0 aromatic heterocycles. The van der Waals surface area contributed by atoms with Gasteiger partial charge in [0.1, 0.15) is 44.0 Å². The Bertz CT molecular complexity index is 3700. The summed E-state index contributed by atoms with van der Waals surface area (Å²) < 4.78 is 112. The fourth-order valence-corrected chi connectivity index (χ4v) is 8.43. The van der Waals surface area contributed by atoms with Crippen LogP contribution in [-0.2, 0) is 30.4 Å². The molecular weight excluding hydrogens is 971 g/mol. The Hall–Kier alpha value is -8.20. The van der Waals surface area contributed by atoms with E-state index >= 15 is 0 Å². The first-order chi connectivity index (χ1) is 33.1. The van der Waals surface area contributed by atoms with Gasteiger partial charge in [0.05, 0.1) is 41.9 Å². The van der Waals surface area contributed by atoms with Crippen molar-refractivity contribution in [1.29, 1.82) is 0 Å². The SMILES string of the molecule is COc1cc(N=Nc2c(S(=O)(=O)O)cc3cc(NC(=O)c4ccccc4)ccc3c2O)c(OC)cc1N=Nc1ccc(N=Nc2ccc(N=Nc3ccc(S(=O)(=O)O)cc3S(=O)(=O)O)c(C)c2)c(C)c1. The van der Waals surface area contributed by atoms with Crippen LogP contribution in [0.5, 0.6) is 17.2 Å². The summed E-state index contributed by atoms with van der Waals surface area (Å²) >= 11 is 0. The maximum atomic E-state index is 12.7. The average Bonchev–Trinajstić information content (AvgIpc) is 3.31. The van der Waals surface area contributed by atoms with E-state index in [0.29, 0.717) is 45.5 Å². The van der Waals surface area contributed by atoms with E-state index < -0.39 is 62.4 Å². The number of hydrogen-bond donors (Lipinski definition) is 5. The third-order valence-corrected chi connectivity index (χ3v) is 12.6. The zero-order valence-corrected chi connectivity index (χ0v) is 39.3. The van der Waals surface area contributed by atoms with Crippen molar-refractivity contribution in [3.63, 3.8) is 0 Å². The molecule has 0 saturated heterocycles. The molecule has 0 aliphatic carbocycles. The molecule has 0 bridgehead atoms. The van der Waals surface area contributed by atoms with Crippen LogP contribution in [0.4, 0.5) is 51.2 Å². The summed E-state index contributed by atoms with van der Waals surface area (Å²) in [4.78, 5) is 10.3. The van der Waals surface area contributed by atoms with Crippen LogP contribution in [0.25, 0.3) is 10.8 Å². The van der Waals surface area contributed by atoms with Crippen molar-refractivity contribution in [3.05, 3.63) is 138 Å².